The van der Waals surface area contributed by atoms with Crippen LogP contribution in [-0.4, -0.2) is 41.2 Å². The number of alkyl halides is 3. The lowest BCUT2D eigenvalue weighted by molar-refractivity contribution is -0.255. The van der Waals surface area contributed by atoms with Crippen molar-refractivity contribution in [2.45, 2.75) is 11.3 Å². The van der Waals surface area contributed by atoms with E-state index in [1.807, 2.05) is 0 Å². The number of benzene rings is 1. The summed E-state index contributed by atoms with van der Waals surface area (Å²) in [6.45, 7) is 0. The Hall–Kier alpha value is -2.75. The number of thioether (sulfide) groups is 1. The van der Waals surface area contributed by atoms with Crippen molar-refractivity contribution in [1.29, 1.82) is 0 Å². The molecule has 1 aromatic carbocycles. The van der Waals surface area contributed by atoms with Gasteiger partial charge in [-0.25, -0.2) is 9.97 Å². The fraction of sp³-hybridized carbons (Fsp3) is 0.235. The van der Waals surface area contributed by atoms with E-state index >= 15 is 0 Å². The zero-order valence-corrected chi connectivity index (χ0v) is 15.5. The number of hydrogen-bond acceptors (Lipinski definition) is 7. The number of aromatic nitrogens is 2. The molecule has 6 nitrogen and oxygen atoms in total. The molecule has 10 heteroatoms. The molecule has 1 aromatic heterocycles. The highest BCUT2D eigenvalue weighted by molar-refractivity contribution is 7.98. The van der Waals surface area contributed by atoms with Crippen molar-refractivity contribution in [1.82, 2.24) is 14.9 Å². The molecule has 1 N–H and O–H groups in total. The molecule has 0 radical (unpaired) electrons. The van der Waals surface area contributed by atoms with Gasteiger partial charge in [0.25, 0.3) is 0 Å². The van der Waals surface area contributed by atoms with Gasteiger partial charge in [0.1, 0.15) is 5.82 Å². The standard InChI is InChI=1S/C17H17F3N4O2S/c1-24(2)8-7-12-13(15(25)26)14(23-16(22-12)27-3)21-11-6-4-5-10(9-11)17(18,19)20/h4-9H,1-3H3,(H,25,26)(H,21,22,23)/p-1. The molecule has 0 atom stereocenters. The molecular weight excluding hydrogens is 381 g/mol. The molecule has 2 aromatic rings. The van der Waals surface area contributed by atoms with E-state index in [0.717, 1.165) is 12.1 Å². The maximum atomic E-state index is 12.9. The van der Waals surface area contributed by atoms with Crippen molar-refractivity contribution in [3.05, 3.63) is 47.3 Å². The van der Waals surface area contributed by atoms with Gasteiger partial charge in [-0.15, -0.1) is 0 Å². The first-order valence-corrected chi connectivity index (χ1v) is 8.80. The predicted octanol–water partition coefficient (Wildman–Crippen LogP) is 2.86. The van der Waals surface area contributed by atoms with Gasteiger partial charge in [0.2, 0.25) is 0 Å². The third kappa shape index (κ3) is 5.36. The van der Waals surface area contributed by atoms with Gasteiger partial charge in [-0.1, -0.05) is 17.8 Å². The quantitative estimate of drug-likeness (QED) is 0.593. The summed E-state index contributed by atoms with van der Waals surface area (Å²) >= 11 is 1.17. The van der Waals surface area contributed by atoms with Gasteiger partial charge < -0.3 is 20.1 Å². The average molecular weight is 397 g/mol. The SMILES string of the molecule is CSc1nc(C=CN(C)C)c(C(=O)[O-])c(Nc2cccc(C(F)(F)F)c2)n1. The van der Waals surface area contributed by atoms with E-state index in [9.17, 15) is 23.1 Å². The minimum Gasteiger partial charge on any atom is -0.545 e. The molecule has 0 amide bonds. The lowest BCUT2D eigenvalue weighted by atomic mass is 10.1. The fourth-order valence-electron chi connectivity index (χ4n) is 2.09. The maximum Gasteiger partial charge on any atom is 0.416 e. The molecule has 0 spiro atoms. The van der Waals surface area contributed by atoms with Gasteiger partial charge in [-0.05, 0) is 30.5 Å². The highest BCUT2D eigenvalue weighted by Gasteiger charge is 2.30. The van der Waals surface area contributed by atoms with Crippen molar-refractivity contribution in [2.24, 2.45) is 0 Å². The van der Waals surface area contributed by atoms with E-state index in [-0.39, 0.29) is 27.9 Å². The number of carbonyl (C=O) groups is 1. The Morgan fingerprint density at radius 2 is 2.00 bits per heavy atom. The Morgan fingerprint density at radius 1 is 1.30 bits per heavy atom. The number of nitrogens with zero attached hydrogens (tertiary/aromatic N) is 3. The van der Waals surface area contributed by atoms with Crippen LogP contribution in [0.2, 0.25) is 0 Å². The largest absolute Gasteiger partial charge is 0.545 e. The number of carbonyl (C=O) groups excluding carboxylic acids is 1. The number of anilines is 2. The Kier molecular flexibility index (Phi) is 6.32. The molecule has 0 unspecified atom stereocenters. The number of aromatic carboxylic acids is 1. The summed E-state index contributed by atoms with van der Waals surface area (Å²) in [6, 6.07) is 4.39. The van der Waals surface area contributed by atoms with Crippen molar-refractivity contribution < 1.29 is 23.1 Å². The van der Waals surface area contributed by atoms with E-state index in [4.69, 9.17) is 0 Å². The van der Waals surface area contributed by atoms with Crippen molar-refractivity contribution in [2.75, 3.05) is 25.7 Å². The molecule has 0 saturated heterocycles. The highest BCUT2D eigenvalue weighted by Crippen LogP contribution is 2.32. The van der Waals surface area contributed by atoms with Gasteiger partial charge in [0, 0.05) is 26.0 Å². The molecular formula is C17H16F3N4O2S-. The molecule has 0 bridgehead atoms. The van der Waals surface area contributed by atoms with E-state index in [0.29, 0.717) is 0 Å². The smallest absolute Gasteiger partial charge is 0.416 e. The van der Waals surface area contributed by atoms with E-state index < -0.39 is 17.7 Å². The van der Waals surface area contributed by atoms with Crippen LogP contribution in [0.1, 0.15) is 21.6 Å². The first kappa shape index (κ1) is 20.6. The fourth-order valence-corrected chi connectivity index (χ4v) is 2.46. The zero-order chi connectivity index (χ0) is 20.2. The van der Waals surface area contributed by atoms with E-state index in [1.54, 1.807) is 31.5 Å². The summed E-state index contributed by atoms with van der Waals surface area (Å²) in [5.74, 6) is -1.69. The Balaban J connectivity index is 2.55. The predicted molar refractivity (Wildman–Crippen MR) is 95.6 cm³/mol. The number of carboxylic acid groups (broad SMARTS) is 1. The van der Waals surface area contributed by atoms with Gasteiger partial charge in [0.05, 0.1) is 22.8 Å². The number of halogens is 3. The number of rotatable bonds is 6. The second-order valence-corrected chi connectivity index (χ2v) is 6.36. The van der Waals surface area contributed by atoms with Crippen molar-refractivity contribution in [3.8, 4) is 0 Å². The number of nitrogens with one attached hydrogen (secondary N) is 1. The topological polar surface area (TPSA) is 81.2 Å². The molecule has 0 aliphatic carbocycles. The zero-order valence-electron chi connectivity index (χ0n) is 14.7. The maximum absolute atomic E-state index is 12.9. The van der Waals surface area contributed by atoms with Crippen LogP contribution in [-0.2, 0) is 6.18 Å². The highest BCUT2D eigenvalue weighted by atomic mass is 32.2. The first-order valence-electron chi connectivity index (χ1n) is 7.58. The monoisotopic (exact) mass is 397 g/mol. The molecule has 0 aliphatic rings. The van der Waals surface area contributed by atoms with Crippen LogP contribution in [0, 0.1) is 0 Å². The van der Waals surface area contributed by atoms with Crippen LogP contribution in [0.25, 0.3) is 6.08 Å². The molecule has 0 fully saturated rings. The minimum absolute atomic E-state index is 0.0422. The Bertz CT molecular complexity index is 870. The summed E-state index contributed by atoms with van der Waals surface area (Å²) in [5.41, 5.74) is -1.09. The van der Waals surface area contributed by atoms with Crippen LogP contribution >= 0.6 is 11.8 Å². The summed E-state index contributed by atoms with van der Waals surface area (Å²) in [6.07, 6.45) is 0.225. The van der Waals surface area contributed by atoms with Crippen molar-refractivity contribution in [3.63, 3.8) is 0 Å². The molecule has 144 valence electrons. The van der Waals surface area contributed by atoms with Crippen LogP contribution in [0.15, 0.2) is 35.6 Å². The molecule has 0 saturated carbocycles. The van der Waals surface area contributed by atoms with Crippen LogP contribution in [0.3, 0.4) is 0 Å². The summed E-state index contributed by atoms with van der Waals surface area (Å²) in [5, 5.41) is 14.5. The van der Waals surface area contributed by atoms with Crippen LogP contribution < -0.4 is 10.4 Å². The Morgan fingerprint density at radius 3 is 2.56 bits per heavy atom. The van der Waals surface area contributed by atoms with E-state index in [1.165, 1.54) is 30.0 Å². The minimum atomic E-state index is -4.52. The summed E-state index contributed by atoms with van der Waals surface area (Å²) in [7, 11) is 3.49. The molecule has 2 rings (SSSR count). The normalized spacial score (nSPS) is 11.6. The van der Waals surface area contributed by atoms with Gasteiger partial charge >= 0.3 is 6.18 Å². The third-order valence-electron chi connectivity index (χ3n) is 3.29. The van der Waals surface area contributed by atoms with Gasteiger partial charge in [-0.3, -0.25) is 0 Å². The van der Waals surface area contributed by atoms with Gasteiger partial charge in [0.15, 0.2) is 5.16 Å². The second-order valence-electron chi connectivity index (χ2n) is 5.59. The number of carboxylic acids is 1. The lowest BCUT2D eigenvalue weighted by Gasteiger charge is -2.16. The Labute approximate surface area is 158 Å². The molecule has 27 heavy (non-hydrogen) atoms. The van der Waals surface area contributed by atoms with Gasteiger partial charge in [-0.2, -0.15) is 13.2 Å². The van der Waals surface area contributed by atoms with Crippen molar-refractivity contribution >= 4 is 35.3 Å². The average Bonchev–Trinajstić information content (AvgIpc) is 2.58. The summed E-state index contributed by atoms with van der Waals surface area (Å²) < 4.78 is 38.7. The first-order chi connectivity index (χ1) is 12.6. The lowest BCUT2D eigenvalue weighted by Crippen LogP contribution is -2.26. The molecule has 1 heterocycles. The molecule has 0 aliphatic heterocycles. The second kappa shape index (κ2) is 8.30. The summed E-state index contributed by atoms with van der Waals surface area (Å²) in [4.78, 5) is 21.5. The van der Waals surface area contributed by atoms with E-state index in [2.05, 4.69) is 15.3 Å². The third-order valence-corrected chi connectivity index (χ3v) is 3.83. The van der Waals surface area contributed by atoms with Crippen LogP contribution in [0.4, 0.5) is 24.7 Å². The van der Waals surface area contributed by atoms with Crippen LogP contribution in [0.5, 0.6) is 0 Å². The number of hydrogen-bond donors (Lipinski definition) is 1.